The molecule has 1 N–H and O–H groups in total. The number of aryl methyl sites for hydroxylation is 2. The zero-order valence-electron chi connectivity index (χ0n) is 13.0. The summed E-state index contributed by atoms with van der Waals surface area (Å²) in [6.45, 7) is 10.3. The monoisotopic (exact) mass is 279 g/mol. The molecule has 1 saturated carbocycles. The Balaban J connectivity index is 1.72. The van der Waals surface area contributed by atoms with Crippen LogP contribution >= 0.6 is 11.3 Å². The van der Waals surface area contributed by atoms with Crippen LogP contribution in [0.1, 0.15) is 67.3 Å². The fourth-order valence-corrected chi connectivity index (χ4v) is 4.33. The van der Waals surface area contributed by atoms with Crippen molar-refractivity contribution in [3.05, 3.63) is 21.4 Å². The lowest BCUT2D eigenvalue weighted by Crippen LogP contribution is -2.23. The molecule has 1 aliphatic rings. The van der Waals surface area contributed by atoms with Crippen LogP contribution in [0.15, 0.2) is 6.07 Å². The van der Waals surface area contributed by atoms with Crippen molar-refractivity contribution in [3.8, 4) is 0 Å². The molecule has 1 fully saturated rings. The van der Waals surface area contributed by atoms with E-state index in [1.807, 2.05) is 11.3 Å². The SMILES string of the molecule is Cc1cc(C(C)NCCC2CCC(C)CC2)c(C)s1. The zero-order valence-corrected chi connectivity index (χ0v) is 13.8. The second-order valence-corrected chi connectivity index (χ2v) is 7.92. The first-order valence-corrected chi connectivity index (χ1v) is 8.68. The molecule has 1 atom stereocenters. The average molecular weight is 279 g/mol. The van der Waals surface area contributed by atoms with Gasteiger partial charge in [0, 0.05) is 15.8 Å². The summed E-state index contributed by atoms with van der Waals surface area (Å²) in [4.78, 5) is 2.91. The summed E-state index contributed by atoms with van der Waals surface area (Å²) in [6.07, 6.45) is 7.16. The Kier molecular flexibility index (Phi) is 5.47. The van der Waals surface area contributed by atoms with Crippen molar-refractivity contribution in [3.63, 3.8) is 0 Å². The second kappa shape index (κ2) is 6.90. The summed E-state index contributed by atoms with van der Waals surface area (Å²) in [7, 11) is 0. The van der Waals surface area contributed by atoms with E-state index in [-0.39, 0.29) is 0 Å². The Morgan fingerprint density at radius 1 is 1.26 bits per heavy atom. The van der Waals surface area contributed by atoms with Gasteiger partial charge in [-0.1, -0.05) is 32.6 Å². The van der Waals surface area contributed by atoms with E-state index in [0.717, 1.165) is 11.8 Å². The quantitative estimate of drug-likeness (QED) is 0.778. The number of hydrogen-bond donors (Lipinski definition) is 1. The molecule has 1 heterocycles. The van der Waals surface area contributed by atoms with Crippen LogP contribution in [-0.2, 0) is 0 Å². The van der Waals surface area contributed by atoms with Crippen LogP contribution in [-0.4, -0.2) is 6.54 Å². The highest BCUT2D eigenvalue weighted by molar-refractivity contribution is 7.12. The third-order valence-corrected chi connectivity index (χ3v) is 5.67. The Morgan fingerprint density at radius 2 is 1.95 bits per heavy atom. The minimum Gasteiger partial charge on any atom is -0.310 e. The molecule has 0 aliphatic heterocycles. The maximum Gasteiger partial charge on any atom is 0.0302 e. The molecule has 0 saturated heterocycles. The Hall–Kier alpha value is -0.340. The van der Waals surface area contributed by atoms with Crippen LogP contribution in [0.2, 0.25) is 0 Å². The van der Waals surface area contributed by atoms with Gasteiger partial charge in [0.25, 0.3) is 0 Å². The van der Waals surface area contributed by atoms with Crippen LogP contribution < -0.4 is 5.32 Å². The van der Waals surface area contributed by atoms with E-state index in [1.54, 1.807) is 0 Å². The first-order chi connectivity index (χ1) is 9.06. The molecular formula is C17H29NS. The summed E-state index contributed by atoms with van der Waals surface area (Å²) in [5.74, 6) is 1.95. The van der Waals surface area contributed by atoms with Crippen molar-refractivity contribution in [1.82, 2.24) is 5.32 Å². The van der Waals surface area contributed by atoms with Gasteiger partial charge in [-0.2, -0.15) is 0 Å². The zero-order chi connectivity index (χ0) is 13.8. The lowest BCUT2D eigenvalue weighted by molar-refractivity contribution is 0.273. The van der Waals surface area contributed by atoms with Gasteiger partial charge in [-0.25, -0.2) is 0 Å². The first kappa shape index (κ1) is 15.1. The number of hydrogen-bond acceptors (Lipinski definition) is 2. The highest BCUT2D eigenvalue weighted by Crippen LogP contribution is 2.30. The highest BCUT2D eigenvalue weighted by Gasteiger charge is 2.18. The van der Waals surface area contributed by atoms with E-state index in [1.165, 1.54) is 54.0 Å². The number of rotatable bonds is 5. The largest absolute Gasteiger partial charge is 0.310 e. The molecule has 0 bridgehead atoms. The van der Waals surface area contributed by atoms with Crippen LogP contribution in [0.3, 0.4) is 0 Å². The lowest BCUT2D eigenvalue weighted by Gasteiger charge is -2.26. The van der Waals surface area contributed by atoms with Crippen molar-refractivity contribution in [1.29, 1.82) is 0 Å². The van der Waals surface area contributed by atoms with Gasteiger partial charge in [0.2, 0.25) is 0 Å². The molecule has 0 amide bonds. The lowest BCUT2D eigenvalue weighted by atomic mass is 9.81. The number of thiophene rings is 1. The van der Waals surface area contributed by atoms with Gasteiger partial charge in [-0.3, -0.25) is 0 Å². The van der Waals surface area contributed by atoms with Crippen molar-refractivity contribution < 1.29 is 0 Å². The predicted octanol–water partition coefficient (Wildman–Crippen LogP) is 5.23. The van der Waals surface area contributed by atoms with Crippen molar-refractivity contribution in [2.24, 2.45) is 11.8 Å². The average Bonchev–Trinajstić information content (AvgIpc) is 2.71. The van der Waals surface area contributed by atoms with Gasteiger partial charge in [0.1, 0.15) is 0 Å². The first-order valence-electron chi connectivity index (χ1n) is 7.86. The third-order valence-electron chi connectivity index (χ3n) is 4.68. The molecule has 0 radical (unpaired) electrons. The van der Waals surface area contributed by atoms with E-state index in [0.29, 0.717) is 6.04 Å². The van der Waals surface area contributed by atoms with Crippen molar-refractivity contribution in [2.75, 3.05) is 6.54 Å². The Labute approximate surface area is 122 Å². The van der Waals surface area contributed by atoms with E-state index in [9.17, 15) is 0 Å². The molecule has 1 unspecified atom stereocenters. The minimum atomic E-state index is 0.507. The maximum atomic E-state index is 3.72. The Morgan fingerprint density at radius 3 is 2.53 bits per heavy atom. The minimum absolute atomic E-state index is 0.507. The molecule has 2 rings (SSSR count). The van der Waals surface area contributed by atoms with Crippen molar-refractivity contribution >= 4 is 11.3 Å². The molecule has 1 aliphatic carbocycles. The van der Waals surface area contributed by atoms with Crippen LogP contribution in [0.25, 0.3) is 0 Å². The third kappa shape index (κ3) is 4.32. The summed E-state index contributed by atoms with van der Waals surface area (Å²) in [5, 5.41) is 3.72. The van der Waals surface area contributed by atoms with Gasteiger partial charge in [0.15, 0.2) is 0 Å². The van der Waals surface area contributed by atoms with E-state index >= 15 is 0 Å². The van der Waals surface area contributed by atoms with Crippen LogP contribution in [0.5, 0.6) is 0 Å². The fraction of sp³-hybridized carbons (Fsp3) is 0.765. The maximum absolute atomic E-state index is 3.72. The summed E-state index contributed by atoms with van der Waals surface area (Å²) < 4.78 is 0. The van der Waals surface area contributed by atoms with Crippen LogP contribution in [0.4, 0.5) is 0 Å². The van der Waals surface area contributed by atoms with E-state index in [4.69, 9.17) is 0 Å². The highest BCUT2D eigenvalue weighted by atomic mass is 32.1. The molecule has 0 aromatic carbocycles. The summed E-state index contributed by atoms with van der Waals surface area (Å²) in [5.41, 5.74) is 1.50. The second-order valence-electron chi connectivity index (χ2n) is 6.46. The van der Waals surface area contributed by atoms with Gasteiger partial charge in [-0.05, 0) is 57.2 Å². The van der Waals surface area contributed by atoms with Crippen LogP contribution in [0, 0.1) is 25.7 Å². The topological polar surface area (TPSA) is 12.0 Å². The van der Waals surface area contributed by atoms with Gasteiger partial charge < -0.3 is 5.32 Å². The predicted molar refractivity (Wildman–Crippen MR) is 85.9 cm³/mol. The molecular weight excluding hydrogens is 250 g/mol. The van der Waals surface area contributed by atoms with Gasteiger partial charge in [-0.15, -0.1) is 11.3 Å². The summed E-state index contributed by atoms with van der Waals surface area (Å²) >= 11 is 1.92. The fourth-order valence-electron chi connectivity index (χ4n) is 3.31. The normalized spacial score (nSPS) is 25.5. The van der Waals surface area contributed by atoms with Crippen molar-refractivity contribution in [2.45, 2.75) is 65.8 Å². The number of nitrogens with one attached hydrogen (secondary N) is 1. The summed E-state index contributed by atoms with van der Waals surface area (Å²) in [6, 6.07) is 2.85. The van der Waals surface area contributed by atoms with Gasteiger partial charge >= 0.3 is 0 Å². The molecule has 0 spiro atoms. The molecule has 19 heavy (non-hydrogen) atoms. The standard InChI is InChI=1S/C17H29NS/c1-12-5-7-16(8-6-12)9-10-18-14(3)17-11-13(2)19-15(17)4/h11-12,14,16,18H,5-10H2,1-4H3. The molecule has 1 nitrogen and oxygen atoms in total. The van der Waals surface area contributed by atoms with E-state index in [2.05, 4.69) is 39.1 Å². The molecule has 2 heteroatoms. The van der Waals surface area contributed by atoms with E-state index < -0.39 is 0 Å². The molecule has 1 aromatic heterocycles. The van der Waals surface area contributed by atoms with Gasteiger partial charge in [0.05, 0.1) is 0 Å². The smallest absolute Gasteiger partial charge is 0.0302 e. The Bertz CT molecular complexity index is 388. The molecule has 108 valence electrons. The molecule has 1 aromatic rings.